The van der Waals surface area contributed by atoms with Crippen LogP contribution in [0.5, 0.6) is 0 Å². The molecule has 2 rings (SSSR count). The van der Waals surface area contributed by atoms with Crippen molar-refractivity contribution in [3.8, 4) is 5.69 Å². The molecule has 0 atom stereocenters. The quantitative estimate of drug-likeness (QED) is 0.357. The van der Waals surface area contributed by atoms with Gasteiger partial charge in [0.25, 0.3) is 0 Å². The van der Waals surface area contributed by atoms with Crippen LogP contribution in [0.1, 0.15) is 11.1 Å². The lowest BCUT2D eigenvalue weighted by Crippen LogP contribution is -2.13. The Morgan fingerprint density at radius 1 is 1.53 bits per heavy atom. The van der Waals surface area contributed by atoms with E-state index in [0.29, 0.717) is 11.3 Å². The van der Waals surface area contributed by atoms with Crippen molar-refractivity contribution in [2.75, 3.05) is 0 Å². The number of amidine groups is 1. The fourth-order valence-electron chi connectivity index (χ4n) is 1.45. The van der Waals surface area contributed by atoms with Gasteiger partial charge in [-0.05, 0) is 30.7 Å². The van der Waals surface area contributed by atoms with Gasteiger partial charge in [0, 0.05) is 11.8 Å². The number of halogens is 1. The topological polar surface area (TPSA) is 76.4 Å². The van der Waals surface area contributed by atoms with Gasteiger partial charge in [-0.1, -0.05) is 5.16 Å². The van der Waals surface area contributed by atoms with Gasteiger partial charge in [-0.25, -0.2) is 9.07 Å². The molecule has 0 fully saturated rings. The van der Waals surface area contributed by atoms with E-state index in [0.717, 1.165) is 5.56 Å². The predicted molar refractivity (Wildman–Crippen MR) is 60.8 cm³/mol. The molecule has 0 saturated carbocycles. The molecule has 0 amide bonds. The minimum absolute atomic E-state index is 0.132. The molecule has 0 spiro atoms. The van der Waals surface area contributed by atoms with Crippen LogP contribution in [0.4, 0.5) is 4.39 Å². The molecule has 0 unspecified atom stereocenters. The zero-order chi connectivity index (χ0) is 12.4. The molecule has 3 N–H and O–H groups in total. The number of aromatic nitrogens is 2. The van der Waals surface area contributed by atoms with E-state index in [1.54, 1.807) is 18.5 Å². The lowest BCUT2D eigenvalue weighted by molar-refractivity contribution is 0.318. The average molecular weight is 234 g/mol. The molecule has 17 heavy (non-hydrogen) atoms. The van der Waals surface area contributed by atoms with Gasteiger partial charge in [-0.15, -0.1) is 0 Å². The molecule has 6 heteroatoms. The van der Waals surface area contributed by atoms with E-state index in [-0.39, 0.29) is 5.84 Å². The molecule has 0 aliphatic carbocycles. The summed E-state index contributed by atoms with van der Waals surface area (Å²) in [6.07, 6.45) is 3.35. The first kappa shape index (κ1) is 11.1. The molecule has 5 nitrogen and oxygen atoms in total. The summed E-state index contributed by atoms with van der Waals surface area (Å²) in [6, 6.07) is 4.28. The van der Waals surface area contributed by atoms with Gasteiger partial charge in [0.15, 0.2) is 5.84 Å². The van der Waals surface area contributed by atoms with Crippen LogP contribution in [0.15, 0.2) is 35.7 Å². The molecule has 1 heterocycles. The van der Waals surface area contributed by atoms with Crippen molar-refractivity contribution in [3.63, 3.8) is 0 Å². The number of rotatable bonds is 2. The summed E-state index contributed by atoms with van der Waals surface area (Å²) < 4.78 is 15.2. The Bertz CT molecular complexity index is 577. The van der Waals surface area contributed by atoms with E-state index < -0.39 is 5.82 Å². The highest BCUT2D eigenvalue weighted by molar-refractivity contribution is 5.97. The van der Waals surface area contributed by atoms with Crippen LogP contribution in [0, 0.1) is 12.7 Å². The van der Waals surface area contributed by atoms with Crippen molar-refractivity contribution in [2.45, 2.75) is 6.92 Å². The molecule has 0 bridgehead atoms. The Labute approximate surface area is 97.0 Å². The molecular formula is C11H11FN4O. The number of aryl methyl sites for hydroxylation is 1. The van der Waals surface area contributed by atoms with Gasteiger partial charge in [-0.2, -0.15) is 5.10 Å². The average Bonchev–Trinajstić information content (AvgIpc) is 2.74. The van der Waals surface area contributed by atoms with Crippen LogP contribution in [0.2, 0.25) is 0 Å². The highest BCUT2D eigenvalue weighted by atomic mass is 19.1. The van der Waals surface area contributed by atoms with E-state index in [2.05, 4.69) is 10.3 Å². The molecule has 0 aliphatic rings. The highest BCUT2D eigenvalue weighted by Crippen LogP contribution is 2.15. The number of nitrogens with two attached hydrogens (primary N) is 1. The Kier molecular flexibility index (Phi) is 2.78. The third-order valence-corrected chi connectivity index (χ3v) is 2.31. The minimum atomic E-state index is -0.489. The largest absolute Gasteiger partial charge is 0.409 e. The zero-order valence-corrected chi connectivity index (χ0v) is 9.13. The molecule has 88 valence electrons. The molecule has 1 aromatic carbocycles. The van der Waals surface area contributed by atoms with Crippen LogP contribution in [0.3, 0.4) is 0 Å². The first-order chi connectivity index (χ1) is 8.11. The summed E-state index contributed by atoms with van der Waals surface area (Å²) >= 11 is 0. The lowest BCUT2D eigenvalue weighted by atomic mass is 10.2. The van der Waals surface area contributed by atoms with Crippen molar-refractivity contribution < 1.29 is 9.60 Å². The number of hydrogen-bond donors (Lipinski definition) is 2. The monoisotopic (exact) mass is 234 g/mol. The summed E-state index contributed by atoms with van der Waals surface area (Å²) in [7, 11) is 0. The zero-order valence-electron chi connectivity index (χ0n) is 9.13. The van der Waals surface area contributed by atoms with Crippen molar-refractivity contribution in [2.24, 2.45) is 10.9 Å². The second-order valence-electron chi connectivity index (χ2n) is 3.61. The number of oxime groups is 1. The molecule has 0 saturated heterocycles. The molecule has 2 aromatic rings. The van der Waals surface area contributed by atoms with Gasteiger partial charge in [-0.3, -0.25) is 0 Å². The van der Waals surface area contributed by atoms with Crippen LogP contribution >= 0.6 is 0 Å². The molecule has 0 aliphatic heterocycles. The highest BCUT2D eigenvalue weighted by Gasteiger charge is 2.08. The summed E-state index contributed by atoms with van der Waals surface area (Å²) in [5.74, 6) is -0.621. The Morgan fingerprint density at radius 3 is 2.82 bits per heavy atom. The summed E-state index contributed by atoms with van der Waals surface area (Å²) in [6.45, 7) is 1.87. The van der Waals surface area contributed by atoms with Crippen molar-refractivity contribution >= 4 is 5.84 Å². The fraction of sp³-hybridized carbons (Fsp3) is 0.0909. The number of benzene rings is 1. The van der Waals surface area contributed by atoms with E-state index in [1.165, 1.54) is 16.8 Å². The van der Waals surface area contributed by atoms with Crippen LogP contribution in [-0.2, 0) is 0 Å². The smallest absolute Gasteiger partial charge is 0.170 e. The maximum absolute atomic E-state index is 13.8. The van der Waals surface area contributed by atoms with E-state index >= 15 is 0 Å². The van der Waals surface area contributed by atoms with Crippen LogP contribution < -0.4 is 5.73 Å². The third kappa shape index (κ3) is 2.10. The first-order valence-corrected chi connectivity index (χ1v) is 4.91. The van der Waals surface area contributed by atoms with Crippen molar-refractivity contribution in [3.05, 3.63) is 47.5 Å². The van der Waals surface area contributed by atoms with Crippen molar-refractivity contribution in [1.82, 2.24) is 9.78 Å². The normalized spacial score (nSPS) is 11.8. The Hall–Kier alpha value is -2.37. The van der Waals surface area contributed by atoms with Crippen molar-refractivity contribution in [1.29, 1.82) is 0 Å². The fourth-order valence-corrected chi connectivity index (χ4v) is 1.45. The van der Waals surface area contributed by atoms with Gasteiger partial charge in [0.2, 0.25) is 0 Å². The number of nitrogens with zero attached hydrogens (tertiary/aromatic N) is 3. The minimum Gasteiger partial charge on any atom is -0.409 e. The summed E-state index contributed by atoms with van der Waals surface area (Å²) in [5, 5.41) is 15.3. The maximum atomic E-state index is 13.8. The van der Waals surface area contributed by atoms with E-state index in [9.17, 15) is 4.39 Å². The van der Waals surface area contributed by atoms with E-state index in [4.69, 9.17) is 10.9 Å². The van der Waals surface area contributed by atoms with Crippen LogP contribution in [-0.4, -0.2) is 20.8 Å². The standard InChI is InChI=1S/C11H11FN4O/c1-7-5-14-16(6-7)10-3-2-8(4-9(10)12)11(13)15-17/h2-6,17H,1H3,(H2,13,15). The lowest BCUT2D eigenvalue weighted by Gasteiger charge is -2.05. The van der Waals surface area contributed by atoms with Crippen LogP contribution in [0.25, 0.3) is 5.69 Å². The molecular weight excluding hydrogens is 223 g/mol. The first-order valence-electron chi connectivity index (χ1n) is 4.91. The van der Waals surface area contributed by atoms with E-state index in [1.807, 2.05) is 6.92 Å². The van der Waals surface area contributed by atoms with Gasteiger partial charge < -0.3 is 10.9 Å². The summed E-state index contributed by atoms with van der Waals surface area (Å²) in [5.41, 5.74) is 6.93. The predicted octanol–water partition coefficient (Wildman–Crippen LogP) is 1.41. The number of hydrogen-bond acceptors (Lipinski definition) is 3. The van der Waals surface area contributed by atoms with Gasteiger partial charge >= 0.3 is 0 Å². The maximum Gasteiger partial charge on any atom is 0.170 e. The molecule has 1 aromatic heterocycles. The summed E-state index contributed by atoms with van der Waals surface area (Å²) in [4.78, 5) is 0. The Balaban J connectivity index is 2.45. The Morgan fingerprint density at radius 2 is 2.29 bits per heavy atom. The second kappa shape index (κ2) is 4.25. The SMILES string of the molecule is Cc1cnn(-c2ccc(/C(N)=N/O)cc2F)c1. The van der Waals surface area contributed by atoms with Gasteiger partial charge in [0.05, 0.1) is 6.20 Å². The molecule has 0 radical (unpaired) electrons. The van der Waals surface area contributed by atoms with Gasteiger partial charge in [0.1, 0.15) is 11.5 Å². The third-order valence-electron chi connectivity index (χ3n) is 2.31. The second-order valence-corrected chi connectivity index (χ2v) is 3.61.